The molecule has 0 saturated heterocycles. The highest BCUT2D eigenvalue weighted by molar-refractivity contribution is 6.21. The van der Waals surface area contributed by atoms with Gasteiger partial charge in [-0.3, -0.25) is 4.98 Å². The molecule has 0 fully saturated rings. The predicted molar refractivity (Wildman–Crippen MR) is 77.5 cm³/mol. The zero-order valence-corrected chi connectivity index (χ0v) is 11.4. The first-order chi connectivity index (χ1) is 9.24. The molecule has 2 nitrogen and oxygen atoms in total. The van der Waals surface area contributed by atoms with Gasteiger partial charge in [-0.05, 0) is 24.6 Å². The number of para-hydroxylation sites is 1. The van der Waals surface area contributed by atoms with E-state index in [1.807, 2.05) is 43.5 Å². The van der Waals surface area contributed by atoms with Crippen LogP contribution in [-0.4, -0.2) is 4.98 Å². The second kappa shape index (κ2) is 5.06. The SMILES string of the molecule is Cc1ccc(CC(Cl)c2coc3ccccc23)nc1. The molecule has 1 aromatic carbocycles. The molecule has 3 heteroatoms. The van der Waals surface area contributed by atoms with E-state index in [2.05, 4.69) is 11.1 Å². The van der Waals surface area contributed by atoms with E-state index in [4.69, 9.17) is 16.0 Å². The van der Waals surface area contributed by atoms with E-state index in [0.717, 1.165) is 27.8 Å². The number of pyridine rings is 1. The quantitative estimate of drug-likeness (QED) is 0.648. The van der Waals surface area contributed by atoms with Gasteiger partial charge >= 0.3 is 0 Å². The Bertz CT molecular complexity index is 687. The maximum atomic E-state index is 6.50. The lowest BCUT2D eigenvalue weighted by atomic mass is 10.1. The Morgan fingerprint density at radius 1 is 1.21 bits per heavy atom. The first-order valence-corrected chi connectivity index (χ1v) is 6.69. The van der Waals surface area contributed by atoms with E-state index < -0.39 is 0 Å². The molecule has 1 unspecified atom stereocenters. The number of hydrogen-bond acceptors (Lipinski definition) is 2. The molecule has 0 aliphatic carbocycles. The van der Waals surface area contributed by atoms with E-state index in [-0.39, 0.29) is 5.38 Å². The van der Waals surface area contributed by atoms with Crippen molar-refractivity contribution in [2.75, 3.05) is 0 Å². The molecule has 0 bridgehead atoms. The number of rotatable bonds is 3. The second-order valence-corrected chi connectivity index (χ2v) is 5.21. The molecule has 3 aromatic rings. The molecule has 0 radical (unpaired) electrons. The second-order valence-electron chi connectivity index (χ2n) is 4.69. The molecular formula is C16H14ClNO. The Balaban J connectivity index is 1.87. The van der Waals surface area contributed by atoms with Crippen LogP contribution in [0.5, 0.6) is 0 Å². The van der Waals surface area contributed by atoms with Crippen molar-refractivity contribution < 1.29 is 4.42 Å². The van der Waals surface area contributed by atoms with Gasteiger partial charge in [0.1, 0.15) is 5.58 Å². The molecule has 1 atom stereocenters. The normalized spacial score (nSPS) is 12.7. The van der Waals surface area contributed by atoms with Crippen molar-refractivity contribution in [1.82, 2.24) is 4.98 Å². The molecule has 0 aliphatic rings. The van der Waals surface area contributed by atoms with Crippen molar-refractivity contribution in [3.05, 3.63) is 65.7 Å². The summed E-state index contributed by atoms with van der Waals surface area (Å²) in [7, 11) is 0. The number of halogens is 1. The van der Waals surface area contributed by atoms with E-state index in [0.29, 0.717) is 6.42 Å². The lowest BCUT2D eigenvalue weighted by Gasteiger charge is -2.07. The van der Waals surface area contributed by atoms with Gasteiger partial charge in [0, 0.05) is 29.3 Å². The fourth-order valence-electron chi connectivity index (χ4n) is 2.15. The summed E-state index contributed by atoms with van der Waals surface area (Å²) in [6.07, 6.45) is 4.31. The molecule has 2 aromatic heterocycles. The van der Waals surface area contributed by atoms with Gasteiger partial charge in [-0.1, -0.05) is 24.3 Å². The summed E-state index contributed by atoms with van der Waals surface area (Å²) in [6, 6.07) is 12.0. The standard InChI is InChI=1S/C16H14ClNO/c1-11-6-7-12(18-9-11)8-15(17)14-10-19-16-5-3-2-4-13(14)16/h2-7,9-10,15H,8H2,1H3. The molecule has 0 amide bonds. The number of nitrogens with zero attached hydrogens (tertiary/aromatic N) is 1. The van der Waals surface area contributed by atoms with Crippen molar-refractivity contribution in [3.8, 4) is 0 Å². The van der Waals surface area contributed by atoms with Crippen LogP contribution in [-0.2, 0) is 6.42 Å². The zero-order chi connectivity index (χ0) is 13.2. The fraction of sp³-hybridized carbons (Fsp3) is 0.188. The minimum Gasteiger partial charge on any atom is -0.464 e. The van der Waals surface area contributed by atoms with Crippen molar-refractivity contribution in [1.29, 1.82) is 0 Å². The molecule has 19 heavy (non-hydrogen) atoms. The number of aromatic nitrogens is 1. The molecule has 0 N–H and O–H groups in total. The Hall–Kier alpha value is -1.80. The zero-order valence-electron chi connectivity index (χ0n) is 10.6. The van der Waals surface area contributed by atoms with Gasteiger partial charge in [-0.25, -0.2) is 0 Å². The molecule has 0 saturated carbocycles. The summed E-state index contributed by atoms with van der Waals surface area (Å²) in [6.45, 7) is 2.03. The van der Waals surface area contributed by atoms with Crippen molar-refractivity contribution in [2.24, 2.45) is 0 Å². The van der Waals surface area contributed by atoms with Gasteiger partial charge in [-0.2, -0.15) is 0 Å². The first-order valence-electron chi connectivity index (χ1n) is 6.26. The topological polar surface area (TPSA) is 26.0 Å². The molecule has 2 heterocycles. The number of hydrogen-bond donors (Lipinski definition) is 0. The van der Waals surface area contributed by atoms with Crippen molar-refractivity contribution >= 4 is 22.6 Å². The highest BCUT2D eigenvalue weighted by Gasteiger charge is 2.15. The van der Waals surface area contributed by atoms with Crippen molar-refractivity contribution in [3.63, 3.8) is 0 Å². The Morgan fingerprint density at radius 3 is 2.84 bits per heavy atom. The Kier molecular flexibility index (Phi) is 3.26. The smallest absolute Gasteiger partial charge is 0.134 e. The lowest BCUT2D eigenvalue weighted by Crippen LogP contribution is -1.97. The molecule has 3 rings (SSSR count). The first kappa shape index (κ1) is 12.2. The van der Waals surface area contributed by atoms with Crippen LogP contribution in [0, 0.1) is 6.92 Å². The number of aryl methyl sites for hydroxylation is 1. The number of furan rings is 1. The number of benzene rings is 1. The Morgan fingerprint density at radius 2 is 2.05 bits per heavy atom. The van der Waals surface area contributed by atoms with Gasteiger partial charge in [0.05, 0.1) is 11.6 Å². The summed E-state index contributed by atoms with van der Waals surface area (Å²) < 4.78 is 5.52. The average molecular weight is 272 g/mol. The van der Waals surface area contributed by atoms with Crippen molar-refractivity contribution in [2.45, 2.75) is 18.7 Å². The van der Waals surface area contributed by atoms with Crippen LogP contribution in [0.3, 0.4) is 0 Å². The number of fused-ring (bicyclic) bond motifs is 1. The van der Waals surface area contributed by atoms with E-state index in [9.17, 15) is 0 Å². The maximum absolute atomic E-state index is 6.50. The predicted octanol–water partition coefficient (Wildman–Crippen LogP) is 4.66. The van der Waals surface area contributed by atoms with Crippen LogP contribution in [0.15, 0.2) is 53.3 Å². The summed E-state index contributed by atoms with van der Waals surface area (Å²) in [4.78, 5) is 4.39. The van der Waals surface area contributed by atoms with Crippen LogP contribution < -0.4 is 0 Å². The number of alkyl halides is 1. The highest BCUT2D eigenvalue weighted by Crippen LogP contribution is 2.32. The monoisotopic (exact) mass is 271 g/mol. The van der Waals surface area contributed by atoms with Crippen LogP contribution in [0.25, 0.3) is 11.0 Å². The third-order valence-corrected chi connectivity index (χ3v) is 3.60. The van der Waals surface area contributed by atoms with E-state index in [1.54, 1.807) is 6.26 Å². The van der Waals surface area contributed by atoms with Crippen LogP contribution in [0.4, 0.5) is 0 Å². The van der Waals surface area contributed by atoms with E-state index in [1.165, 1.54) is 0 Å². The van der Waals surface area contributed by atoms with Crippen LogP contribution in [0.2, 0.25) is 0 Å². The summed E-state index contributed by atoms with van der Waals surface area (Å²) in [5.41, 5.74) is 4.05. The van der Waals surface area contributed by atoms with Gasteiger partial charge in [0.2, 0.25) is 0 Å². The third-order valence-electron chi connectivity index (χ3n) is 3.21. The molecule has 0 aliphatic heterocycles. The van der Waals surface area contributed by atoms with Crippen LogP contribution >= 0.6 is 11.6 Å². The van der Waals surface area contributed by atoms with Gasteiger partial charge in [-0.15, -0.1) is 11.6 Å². The maximum Gasteiger partial charge on any atom is 0.134 e. The van der Waals surface area contributed by atoms with Gasteiger partial charge < -0.3 is 4.42 Å². The van der Waals surface area contributed by atoms with Gasteiger partial charge in [0.15, 0.2) is 0 Å². The molecular weight excluding hydrogens is 258 g/mol. The van der Waals surface area contributed by atoms with E-state index >= 15 is 0 Å². The fourth-order valence-corrected chi connectivity index (χ4v) is 2.48. The summed E-state index contributed by atoms with van der Waals surface area (Å²) in [5.74, 6) is 0. The minimum absolute atomic E-state index is 0.126. The summed E-state index contributed by atoms with van der Waals surface area (Å²) in [5, 5.41) is 0.952. The largest absolute Gasteiger partial charge is 0.464 e. The lowest BCUT2D eigenvalue weighted by molar-refractivity contribution is 0.609. The third kappa shape index (κ3) is 2.49. The van der Waals surface area contributed by atoms with Gasteiger partial charge in [0.25, 0.3) is 0 Å². The average Bonchev–Trinajstić information content (AvgIpc) is 2.85. The highest BCUT2D eigenvalue weighted by atomic mass is 35.5. The molecule has 0 spiro atoms. The Labute approximate surface area is 117 Å². The minimum atomic E-state index is -0.126. The summed E-state index contributed by atoms with van der Waals surface area (Å²) >= 11 is 6.50. The van der Waals surface area contributed by atoms with Crippen LogP contribution in [0.1, 0.15) is 22.2 Å². The molecule has 96 valence electrons.